The average molecular weight is 695 g/mol. The van der Waals surface area contributed by atoms with Crippen LogP contribution >= 0.6 is 0 Å². The van der Waals surface area contributed by atoms with Gasteiger partial charge in [-0.15, -0.1) is 0 Å². The monoisotopic (exact) mass is 694 g/mol. The van der Waals surface area contributed by atoms with E-state index in [1.807, 2.05) is 42.5 Å². The van der Waals surface area contributed by atoms with Crippen LogP contribution in [0.25, 0.3) is 34.1 Å². The van der Waals surface area contributed by atoms with Gasteiger partial charge in [-0.3, -0.25) is 0 Å². The molecule has 9 rings (SSSR count). The smallest absolute Gasteiger partial charge is 0.125 e. The summed E-state index contributed by atoms with van der Waals surface area (Å²) in [6.45, 7) is 0.804. The zero-order valence-electron chi connectivity index (χ0n) is 29.6. The summed E-state index contributed by atoms with van der Waals surface area (Å²) in [7, 11) is 0. The number of fused-ring (bicyclic) bond motifs is 4. The normalized spacial score (nSPS) is 17.4. The van der Waals surface area contributed by atoms with Crippen molar-refractivity contribution in [2.45, 2.75) is 45.2 Å². The van der Waals surface area contributed by atoms with E-state index in [-0.39, 0.29) is 17.4 Å². The Kier molecular flexibility index (Phi) is 8.47. The van der Waals surface area contributed by atoms with Gasteiger partial charge >= 0.3 is 0 Å². The van der Waals surface area contributed by atoms with Crippen LogP contribution in [-0.2, 0) is 19.5 Å². The molecule has 5 nitrogen and oxygen atoms in total. The third-order valence-corrected chi connectivity index (χ3v) is 11.2. The Morgan fingerprint density at radius 2 is 1.43 bits per heavy atom. The van der Waals surface area contributed by atoms with Crippen molar-refractivity contribution in [2.24, 2.45) is 5.92 Å². The van der Waals surface area contributed by atoms with Crippen molar-refractivity contribution in [3.05, 3.63) is 182 Å². The third kappa shape index (κ3) is 5.92. The number of hydrogen-bond acceptors (Lipinski definition) is 5. The van der Waals surface area contributed by atoms with Crippen LogP contribution in [0.1, 0.15) is 59.1 Å². The highest BCUT2D eigenvalue weighted by Crippen LogP contribution is 2.45. The summed E-state index contributed by atoms with van der Waals surface area (Å²) in [5, 5.41) is 46.3. The van der Waals surface area contributed by atoms with Crippen molar-refractivity contribution >= 4 is 45.4 Å². The molecule has 0 saturated heterocycles. The van der Waals surface area contributed by atoms with Gasteiger partial charge in [0.1, 0.15) is 17.3 Å². The second-order valence-electron chi connectivity index (χ2n) is 14.3. The van der Waals surface area contributed by atoms with Crippen molar-refractivity contribution in [1.82, 2.24) is 0 Å². The lowest BCUT2D eigenvalue weighted by molar-refractivity contribution is 0.389. The van der Waals surface area contributed by atoms with Crippen molar-refractivity contribution < 1.29 is 15.3 Å². The molecular formula is C48H42N2O3. The number of aliphatic hydroxyl groups is 2. The molecule has 5 heteroatoms. The van der Waals surface area contributed by atoms with Crippen LogP contribution in [0.3, 0.4) is 0 Å². The molecule has 262 valence electrons. The molecule has 0 spiro atoms. The highest BCUT2D eigenvalue weighted by atomic mass is 16.3. The molecule has 0 aliphatic heterocycles. The Labute approximate surface area is 309 Å². The van der Waals surface area contributed by atoms with E-state index in [2.05, 4.69) is 95.6 Å². The molecule has 53 heavy (non-hydrogen) atoms. The number of benzene rings is 5. The molecule has 4 aliphatic carbocycles. The van der Waals surface area contributed by atoms with Crippen LogP contribution in [0, 0.1) is 5.92 Å². The SMILES string of the molecule is OC1=C(c2c(NCc3cccc(CNc4ccc5c(c4C4=C(O)CCc6ccccc64)=CCCC=5)c3O)ccc3ccccc23)C2CC=CC=C2C=C1. The number of para-hydroxylation sites is 1. The minimum atomic E-state index is 0.0582. The minimum Gasteiger partial charge on any atom is -0.512 e. The molecule has 0 fully saturated rings. The lowest BCUT2D eigenvalue weighted by Gasteiger charge is -2.29. The molecule has 5 N–H and O–H groups in total. The van der Waals surface area contributed by atoms with E-state index in [0.717, 1.165) is 92.0 Å². The first kappa shape index (κ1) is 32.7. The van der Waals surface area contributed by atoms with Gasteiger partial charge in [-0.25, -0.2) is 0 Å². The molecule has 1 atom stereocenters. The molecule has 0 heterocycles. The maximum Gasteiger partial charge on any atom is 0.125 e. The van der Waals surface area contributed by atoms with Crippen LogP contribution in [-0.4, -0.2) is 15.3 Å². The first-order chi connectivity index (χ1) is 26.0. The van der Waals surface area contributed by atoms with Crippen LogP contribution in [0.4, 0.5) is 11.4 Å². The van der Waals surface area contributed by atoms with Crippen molar-refractivity contribution in [1.29, 1.82) is 0 Å². The van der Waals surface area contributed by atoms with Crippen LogP contribution in [0.2, 0.25) is 0 Å². The number of aryl methyl sites for hydroxylation is 1. The van der Waals surface area contributed by atoms with E-state index < -0.39 is 0 Å². The van der Waals surface area contributed by atoms with Crippen LogP contribution in [0.15, 0.2) is 138 Å². The summed E-state index contributed by atoms with van der Waals surface area (Å²) in [5.74, 6) is 1.01. The third-order valence-electron chi connectivity index (χ3n) is 11.2. The zero-order chi connectivity index (χ0) is 35.9. The fourth-order valence-corrected chi connectivity index (χ4v) is 8.58. The van der Waals surface area contributed by atoms with Gasteiger partial charge in [0.2, 0.25) is 0 Å². The number of aromatic hydroxyl groups is 1. The Morgan fingerprint density at radius 1 is 0.679 bits per heavy atom. The number of hydrogen-bond donors (Lipinski definition) is 5. The molecule has 4 aliphatic rings. The highest BCUT2D eigenvalue weighted by molar-refractivity contribution is 6.01. The molecule has 1 unspecified atom stereocenters. The summed E-state index contributed by atoms with van der Waals surface area (Å²) in [5.41, 5.74) is 10.7. The Morgan fingerprint density at radius 3 is 2.30 bits per heavy atom. The number of nitrogens with one attached hydrogen (secondary N) is 2. The maximum atomic E-state index is 11.7. The number of rotatable bonds is 8. The van der Waals surface area contributed by atoms with Gasteiger partial charge in [0.05, 0.1) is 0 Å². The number of phenolic OH excluding ortho intramolecular Hbond substituents is 1. The fraction of sp³-hybridized carbons (Fsp3) is 0.167. The molecule has 0 radical (unpaired) electrons. The molecular weight excluding hydrogens is 653 g/mol. The Balaban J connectivity index is 1.03. The van der Waals surface area contributed by atoms with Crippen molar-refractivity contribution in [2.75, 3.05) is 10.6 Å². The Bertz CT molecular complexity index is 2590. The van der Waals surface area contributed by atoms with E-state index in [0.29, 0.717) is 25.3 Å². The summed E-state index contributed by atoms with van der Waals surface area (Å²) < 4.78 is 0. The second kappa shape index (κ2) is 13.7. The molecule has 0 bridgehead atoms. The van der Waals surface area contributed by atoms with Crippen molar-refractivity contribution in [3.8, 4) is 5.75 Å². The Hall–Kier alpha value is -6.20. The van der Waals surface area contributed by atoms with E-state index in [9.17, 15) is 15.3 Å². The molecule has 5 aromatic carbocycles. The number of aliphatic hydroxyl groups excluding tert-OH is 2. The fourth-order valence-electron chi connectivity index (χ4n) is 8.58. The average Bonchev–Trinajstić information content (AvgIpc) is 3.20. The first-order valence-corrected chi connectivity index (χ1v) is 18.7. The topological polar surface area (TPSA) is 84.8 Å². The number of allylic oxidation sites excluding steroid dienone is 8. The molecule has 0 aromatic heterocycles. The van der Waals surface area contributed by atoms with Gasteiger partial charge in [0, 0.05) is 70.2 Å². The van der Waals surface area contributed by atoms with E-state index in [1.165, 1.54) is 16.4 Å². The van der Waals surface area contributed by atoms with Gasteiger partial charge in [0.15, 0.2) is 0 Å². The van der Waals surface area contributed by atoms with Gasteiger partial charge in [0.25, 0.3) is 0 Å². The van der Waals surface area contributed by atoms with Gasteiger partial charge < -0.3 is 26.0 Å². The summed E-state index contributed by atoms with van der Waals surface area (Å²) in [6, 6.07) is 31.1. The highest BCUT2D eigenvalue weighted by Gasteiger charge is 2.29. The van der Waals surface area contributed by atoms with Gasteiger partial charge in [-0.1, -0.05) is 115 Å². The second-order valence-corrected chi connectivity index (χ2v) is 14.3. The predicted octanol–water partition coefficient (Wildman–Crippen LogP) is 9.73. The van der Waals surface area contributed by atoms with E-state index in [4.69, 9.17) is 0 Å². The van der Waals surface area contributed by atoms with E-state index >= 15 is 0 Å². The lowest BCUT2D eigenvalue weighted by Crippen LogP contribution is -2.32. The first-order valence-electron chi connectivity index (χ1n) is 18.7. The van der Waals surface area contributed by atoms with Crippen LogP contribution < -0.4 is 21.1 Å². The number of phenols is 1. The molecule has 0 amide bonds. The van der Waals surface area contributed by atoms with Crippen LogP contribution in [0.5, 0.6) is 5.75 Å². The molecule has 0 saturated carbocycles. The number of anilines is 2. The largest absolute Gasteiger partial charge is 0.512 e. The summed E-state index contributed by atoms with van der Waals surface area (Å²) in [4.78, 5) is 0. The van der Waals surface area contributed by atoms with Gasteiger partial charge in [-0.05, 0) is 81.8 Å². The minimum absolute atomic E-state index is 0.0582. The zero-order valence-corrected chi connectivity index (χ0v) is 29.6. The predicted molar refractivity (Wildman–Crippen MR) is 218 cm³/mol. The van der Waals surface area contributed by atoms with Crippen molar-refractivity contribution in [3.63, 3.8) is 0 Å². The summed E-state index contributed by atoms with van der Waals surface area (Å²) >= 11 is 0. The standard InChI is InChI=1S/C48H42N2O3/c51-42-26-22-32-12-3-7-18-38(32)46(42)44-36-16-5-1-10-30(36)20-24-40(44)49-28-34-14-9-15-35(48(34)53)29-50-41-25-21-31-11-2-6-17-37(31)45(41)47-39-19-8-4-13-33(39)23-27-43(47)52/h1,3-5,7-17,19-22,24-26,38,49-53H,2,6,18,23,27-29H2. The maximum absolute atomic E-state index is 11.7. The summed E-state index contributed by atoms with van der Waals surface area (Å²) in [6.07, 6.45) is 19.0. The molecule has 5 aromatic rings. The van der Waals surface area contributed by atoms with E-state index in [1.54, 1.807) is 6.08 Å². The quantitative estimate of drug-likeness (QED) is 0.112. The van der Waals surface area contributed by atoms with Gasteiger partial charge in [-0.2, -0.15) is 0 Å². The lowest BCUT2D eigenvalue weighted by atomic mass is 9.77.